The number of hydrogen-bond donors (Lipinski definition) is 1. The van der Waals surface area contributed by atoms with Crippen molar-refractivity contribution in [3.8, 4) is 0 Å². The van der Waals surface area contributed by atoms with Crippen LogP contribution >= 0.6 is 23.2 Å². The van der Waals surface area contributed by atoms with Crippen LogP contribution in [0.4, 0.5) is 0 Å². The average Bonchev–Trinajstić information content (AvgIpc) is 2.68. The summed E-state index contributed by atoms with van der Waals surface area (Å²) in [7, 11) is 0. The maximum atomic E-state index is 12.9. The molecule has 1 saturated heterocycles. The van der Waals surface area contributed by atoms with E-state index in [0.29, 0.717) is 35.1 Å². The predicted octanol–water partition coefficient (Wildman–Crippen LogP) is 5.32. The first-order chi connectivity index (χ1) is 14.4. The van der Waals surface area contributed by atoms with Gasteiger partial charge in [0.2, 0.25) is 5.91 Å². The van der Waals surface area contributed by atoms with Gasteiger partial charge in [-0.1, -0.05) is 23.2 Å². The van der Waals surface area contributed by atoms with E-state index in [-0.39, 0.29) is 23.3 Å². The fourth-order valence-corrected chi connectivity index (χ4v) is 7.55. The van der Waals surface area contributed by atoms with Crippen molar-refractivity contribution in [3.63, 3.8) is 0 Å². The molecule has 4 nitrogen and oxygen atoms in total. The third-order valence-corrected chi connectivity index (χ3v) is 8.57. The maximum Gasteiger partial charge on any atom is 0.255 e. The third-order valence-electron chi connectivity index (χ3n) is 8.01. The van der Waals surface area contributed by atoms with Crippen LogP contribution in [0.2, 0.25) is 10.0 Å². The molecule has 162 valence electrons. The van der Waals surface area contributed by atoms with Gasteiger partial charge in [0.15, 0.2) is 0 Å². The van der Waals surface area contributed by atoms with E-state index in [9.17, 15) is 9.59 Å². The number of likely N-dealkylation sites (tertiary alicyclic amines) is 1. The second kappa shape index (κ2) is 8.02. The Balaban J connectivity index is 1.14. The highest BCUT2D eigenvalue weighted by Crippen LogP contribution is 2.61. The molecule has 1 N–H and O–H groups in total. The molecule has 1 aliphatic heterocycles. The van der Waals surface area contributed by atoms with Gasteiger partial charge < -0.3 is 10.2 Å². The highest BCUT2D eigenvalue weighted by molar-refractivity contribution is 6.35. The minimum atomic E-state index is -0.0826. The van der Waals surface area contributed by atoms with Crippen molar-refractivity contribution in [1.29, 1.82) is 0 Å². The molecular weight excluding hydrogens is 419 g/mol. The largest absolute Gasteiger partial charge is 0.353 e. The van der Waals surface area contributed by atoms with E-state index in [1.807, 2.05) is 4.90 Å². The van der Waals surface area contributed by atoms with Crippen LogP contribution in [0.5, 0.6) is 0 Å². The Morgan fingerprint density at radius 2 is 1.60 bits per heavy atom. The van der Waals surface area contributed by atoms with Crippen molar-refractivity contribution in [2.75, 3.05) is 13.1 Å². The number of hydrogen-bond acceptors (Lipinski definition) is 2. The molecule has 0 unspecified atom stereocenters. The lowest BCUT2D eigenvalue weighted by atomic mass is 9.49. The lowest BCUT2D eigenvalue weighted by Gasteiger charge is -2.56. The normalized spacial score (nSPS) is 33.0. The molecule has 0 spiro atoms. The second-order valence-electron chi connectivity index (χ2n) is 10.4. The van der Waals surface area contributed by atoms with Crippen LogP contribution in [0.25, 0.3) is 0 Å². The van der Waals surface area contributed by atoms with Crippen molar-refractivity contribution >= 4 is 35.0 Å². The van der Waals surface area contributed by atoms with E-state index in [1.165, 1.54) is 38.5 Å². The highest BCUT2D eigenvalue weighted by atomic mass is 35.5. The molecular formula is C24H30Cl2N2O2. The molecule has 4 saturated carbocycles. The number of carbonyl (C=O) groups is 2. The molecule has 4 bridgehead atoms. The molecule has 5 aliphatic rings. The predicted molar refractivity (Wildman–Crippen MR) is 119 cm³/mol. The van der Waals surface area contributed by atoms with Gasteiger partial charge in [-0.15, -0.1) is 0 Å². The molecule has 30 heavy (non-hydrogen) atoms. The van der Waals surface area contributed by atoms with E-state index in [2.05, 4.69) is 5.32 Å². The van der Waals surface area contributed by atoms with Crippen molar-refractivity contribution in [1.82, 2.24) is 10.2 Å². The molecule has 6 rings (SSSR count). The molecule has 0 radical (unpaired) electrons. The van der Waals surface area contributed by atoms with Gasteiger partial charge in [-0.25, -0.2) is 0 Å². The van der Waals surface area contributed by atoms with E-state index in [4.69, 9.17) is 23.2 Å². The van der Waals surface area contributed by atoms with Crippen molar-refractivity contribution < 1.29 is 9.59 Å². The van der Waals surface area contributed by atoms with Crippen LogP contribution in [-0.4, -0.2) is 35.8 Å². The molecule has 1 aromatic carbocycles. The monoisotopic (exact) mass is 448 g/mol. The Labute approximate surface area is 188 Å². The fraction of sp³-hybridized carbons (Fsp3) is 0.667. The molecule has 0 atom stereocenters. The first kappa shape index (κ1) is 20.6. The number of rotatable bonds is 4. The topological polar surface area (TPSA) is 49.4 Å². The van der Waals surface area contributed by atoms with Gasteiger partial charge in [0, 0.05) is 30.6 Å². The fourth-order valence-electron chi connectivity index (χ4n) is 7.18. The molecule has 5 fully saturated rings. The van der Waals surface area contributed by atoms with Crippen molar-refractivity contribution in [2.45, 2.75) is 63.8 Å². The quantitative estimate of drug-likeness (QED) is 0.677. The van der Waals surface area contributed by atoms with Crippen LogP contribution < -0.4 is 5.32 Å². The molecule has 4 aliphatic carbocycles. The van der Waals surface area contributed by atoms with E-state index < -0.39 is 0 Å². The Morgan fingerprint density at radius 1 is 1.00 bits per heavy atom. The number of carbonyl (C=O) groups excluding carboxylic acids is 2. The van der Waals surface area contributed by atoms with Crippen molar-refractivity contribution in [3.05, 3.63) is 33.8 Å². The Kier molecular flexibility index (Phi) is 5.51. The summed E-state index contributed by atoms with van der Waals surface area (Å²) >= 11 is 12.2. The molecule has 2 amide bonds. The summed E-state index contributed by atoms with van der Waals surface area (Å²) in [6.45, 7) is 1.26. The van der Waals surface area contributed by atoms with Gasteiger partial charge in [0.1, 0.15) is 0 Å². The number of nitrogens with zero attached hydrogens (tertiary/aromatic N) is 1. The zero-order valence-electron chi connectivity index (χ0n) is 17.3. The van der Waals surface area contributed by atoms with E-state index in [1.54, 1.807) is 18.2 Å². The third kappa shape index (κ3) is 4.10. The van der Waals surface area contributed by atoms with Gasteiger partial charge in [-0.05, 0) is 92.7 Å². The zero-order valence-corrected chi connectivity index (χ0v) is 18.9. The van der Waals surface area contributed by atoms with Crippen LogP contribution in [0.15, 0.2) is 18.2 Å². The number of benzene rings is 1. The second-order valence-corrected chi connectivity index (χ2v) is 11.2. The van der Waals surface area contributed by atoms with Crippen LogP contribution in [0, 0.1) is 23.2 Å². The van der Waals surface area contributed by atoms with Gasteiger partial charge in [0.05, 0.1) is 10.6 Å². The minimum Gasteiger partial charge on any atom is -0.353 e. The van der Waals surface area contributed by atoms with Gasteiger partial charge in [-0.3, -0.25) is 9.59 Å². The average molecular weight is 449 g/mol. The van der Waals surface area contributed by atoms with Crippen LogP contribution in [0.1, 0.15) is 68.1 Å². The summed E-state index contributed by atoms with van der Waals surface area (Å²) in [5, 5.41) is 4.22. The zero-order chi connectivity index (χ0) is 20.9. The van der Waals surface area contributed by atoms with Gasteiger partial charge in [0.25, 0.3) is 5.91 Å². The Bertz CT molecular complexity index is 812. The summed E-state index contributed by atoms with van der Waals surface area (Å²) in [5.74, 6) is 2.75. The molecule has 1 aromatic rings. The molecule has 6 heteroatoms. The number of amides is 2. The SMILES string of the molecule is O=C(CC12CC3CC(CC(C3)C1)C2)NC1CCN(C(=O)c2cc(Cl)ccc2Cl)CC1. The van der Waals surface area contributed by atoms with Crippen LogP contribution in [-0.2, 0) is 4.79 Å². The summed E-state index contributed by atoms with van der Waals surface area (Å²) in [5.41, 5.74) is 0.729. The highest BCUT2D eigenvalue weighted by Gasteiger charge is 2.51. The lowest BCUT2D eigenvalue weighted by Crippen LogP contribution is -2.50. The molecule has 1 heterocycles. The lowest BCUT2D eigenvalue weighted by molar-refractivity contribution is -0.130. The molecule has 0 aromatic heterocycles. The Morgan fingerprint density at radius 3 is 2.20 bits per heavy atom. The Hall–Kier alpha value is -1.26. The summed E-state index contributed by atoms with van der Waals surface area (Å²) in [4.78, 5) is 27.5. The number of nitrogens with one attached hydrogen (secondary N) is 1. The summed E-state index contributed by atoms with van der Waals surface area (Å²) in [6, 6.07) is 5.14. The van der Waals surface area contributed by atoms with Gasteiger partial charge >= 0.3 is 0 Å². The first-order valence-electron chi connectivity index (χ1n) is 11.4. The minimum absolute atomic E-state index is 0.0826. The number of halogens is 2. The summed E-state index contributed by atoms with van der Waals surface area (Å²) < 4.78 is 0. The van der Waals surface area contributed by atoms with E-state index in [0.717, 1.165) is 30.6 Å². The first-order valence-corrected chi connectivity index (χ1v) is 12.2. The van der Waals surface area contributed by atoms with E-state index >= 15 is 0 Å². The summed E-state index contributed by atoms with van der Waals surface area (Å²) in [6.07, 6.45) is 10.3. The van der Waals surface area contributed by atoms with Crippen LogP contribution in [0.3, 0.4) is 0 Å². The van der Waals surface area contributed by atoms with Gasteiger partial charge in [-0.2, -0.15) is 0 Å². The smallest absolute Gasteiger partial charge is 0.255 e. The number of piperidine rings is 1. The van der Waals surface area contributed by atoms with Crippen molar-refractivity contribution in [2.24, 2.45) is 23.2 Å². The maximum absolute atomic E-state index is 12.9. The standard InChI is InChI=1S/C24H30Cl2N2O2/c25-18-1-2-21(26)20(10-18)23(30)28-5-3-19(4-6-28)27-22(29)14-24-11-15-7-16(12-24)9-17(8-15)13-24/h1-2,10,15-17,19H,3-9,11-14H2,(H,27,29).